The van der Waals surface area contributed by atoms with Gasteiger partial charge < -0.3 is 11.1 Å². The molecule has 0 saturated carbocycles. The molecule has 0 saturated heterocycles. The highest BCUT2D eigenvalue weighted by atomic mass is 16.1. The number of hydrogen-bond donors (Lipinski definition) is 2. The molecule has 0 fully saturated rings. The van der Waals surface area contributed by atoms with Gasteiger partial charge in [0.15, 0.2) is 0 Å². The van der Waals surface area contributed by atoms with E-state index < -0.39 is 0 Å². The molecule has 0 aliphatic heterocycles. The summed E-state index contributed by atoms with van der Waals surface area (Å²) < 4.78 is 0. The van der Waals surface area contributed by atoms with Crippen molar-refractivity contribution in [1.29, 1.82) is 0 Å². The van der Waals surface area contributed by atoms with Gasteiger partial charge in [-0.1, -0.05) is 43.3 Å². The summed E-state index contributed by atoms with van der Waals surface area (Å²) in [5.74, 6) is -0.0477. The first-order valence-electron chi connectivity index (χ1n) is 7.38. The lowest BCUT2D eigenvalue weighted by molar-refractivity contribution is 0.0951. The van der Waals surface area contributed by atoms with Crippen molar-refractivity contribution in [2.45, 2.75) is 26.3 Å². The second-order valence-electron chi connectivity index (χ2n) is 5.09. The van der Waals surface area contributed by atoms with Crippen molar-refractivity contribution in [2.24, 2.45) is 5.73 Å². The summed E-state index contributed by atoms with van der Waals surface area (Å²) in [6.07, 6.45) is 1.82. The zero-order valence-corrected chi connectivity index (χ0v) is 12.4. The molecular weight excluding hydrogens is 260 g/mol. The number of benzene rings is 2. The van der Waals surface area contributed by atoms with Crippen LogP contribution in [0.5, 0.6) is 0 Å². The average molecular weight is 282 g/mol. The predicted molar refractivity (Wildman–Crippen MR) is 86.2 cm³/mol. The second kappa shape index (κ2) is 7.60. The van der Waals surface area contributed by atoms with Crippen LogP contribution >= 0.6 is 0 Å². The van der Waals surface area contributed by atoms with Crippen LogP contribution in [0.2, 0.25) is 0 Å². The first kappa shape index (κ1) is 15.3. The van der Waals surface area contributed by atoms with Crippen LogP contribution in [-0.2, 0) is 19.4 Å². The average Bonchev–Trinajstić information content (AvgIpc) is 2.53. The lowest BCUT2D eigenvalue weighted by Crippen LogP contribution is -2.23. The van der Waals surface area contributed by atoms with Crippen LogP contribution in [0.1, 0.15) is 34.0 Å². The molecule has 0 aliphatic rings. The number of amides is 1. The summed E-state index contributed by atoms with van der Waals surface area (Å²) in [7, 11) is 0. The van der Waals surface area contributed by atoms with Crippen LogP contribution in [0.4, 0.5) is 0 Å². The summed E-state index contributed by atoms with van der Waals surface area (Å²) in [4.78, 5) is 12.2. The Balaban J connectivity index is 1.95. The topological polar surface area (TPSA) is 55.1 Å². The molecule has 0 aliphatic carbocycles. The molecule has 0 spiro atoms. The summed E-state index contributed by atoms with van der Waals surface area (Å²) in [6, 6.07) is 15.9. The number of rotatable bonds is 6. The van der Waals surface area contributed by atoms with E-state index in [-0.39, 0.29) is 5.91 Å². The minimum atomic E-state index is -0.0477. The lowest BCUT2D eigenvalue weighted by atomic mass is 10.1. The molecule has 2 aromatic carbocycles. The monoisotopic (exact) mass is 282 g/mol. The molecule has 0 unspecified atom stereocenters. The van der Waals surface area contributed by atoms with E-state index in [4.69, 9.17) is 5.73 Å². The van der Waals surface area contributed by atoms with Gasteiger partial charge in [-0.05, 0) is 48.2 Å². The number of hydrogen-bond acceptors (Lipinski definition) is 2. The normalized spacial score (nSPS) is 10.4. The van der Waals surface area contributed by atoms with Gasteiger partial charge in [0.2, 0.25) is 0 Å². The van der Waals surface area contributed by atoms with E-state index in [2.05, 4.69) is 36.5 Å². The maximum Gasteiger partial charge on any atom is 0.251 e. The van der Waals surface area contributed by atoms with E-state index in [9.17, 15) is 4.79 Å². The molecule has 0 heterocycles. The first-order chi connectivity index (χ1) is 10.2. The minimum Gasteiger partial charge on any atom is -0.348 e. The van der Waals surface area contributed by atoms with Crippen molar-refractivity contribution < 1.29 is 4.79 Å². The fourth-order valence-corrected chi connectivity index (χ4v) is 2.21. The molecule has 3 N–H and O–H groups in total. The molecule has 110 valence electrons. The van der Waals surface area contributed by atoms with E-state index >= 15 is 0 Å². The number of carbonyl (C=O) groups excluding carboxylic acids is 1. The molecule has 1 amide bonds. The number of nitrogens with two attached hydrogens (primary N) is 1. The smallest absolute Gasteiger partial charge is 0.251 e. The van der Waals surface area contributed by atoms with Gasteiger partial charge in [0.05, 0.1) is 0 Å². The Bertz CT molecular complexity index is 590. The lowest BCUT2D eigenvalue weighted by Gasteiger charge is -2.07. The van der Waals surface area contributed by atoms with Gasteiger partial charge in [-0.25, -0.2) is 0 Å². The second-order valence-corrected chi connectivity index (χ2v) is 5.09. The first-order valence-corrected chi connectivity index (χ1v) is 7.38. The molecule has 0 radical (unpaired) electrons. The predicted octanol–water partition coefficient (Wildman–Crippen LogP) is 2.68. The van der Waals surface area contributed by atoms with Crippen molar-refractivity contribution in [2.75, 3.05) is 6.54 Å². The molecular formula is C18H22N2O. The van der Waals surface area contributed by atoms with Crippen LogP contribution in [0, 0.1) is 0 Å². The Morgan fingerprint density at radius 3 is 2.43 bits per heavy atom. The SMILES string of the molecule is CCc1ccc(CNC(=O)c2cccc(CCN)c2)cc1. The molecule has 2 rings (SSSR count). The Morgan fingerprint density at radius 2 is 1.76 bits per heavy atom. The highest BCUT2D eigenvalue weighted by Gasteiger charge is 2.06. The Hall–Kier alpha value is -2.13. The largest absolute Gasteiger partial charge is 0.348 e. The van der Waals surface area contributed by atoms with Gasteiger partial charge in [0.1, 0.15) is 0 Å². The van der Waals surface area contributed by atoms with Crippen molar-refractivity contribution >= 4 is 5.91 Å². The Kier molecular flexibility index (Phi) is 5.52. The van der Waals surface area contributed by atoms with Gasteiger partial charge in [-0.3, -0.25) is 4.79 Å². The minimum absolute atomic E-state index is 0.0477. The third-order valence-electron chi connectivity index (χ3n) is 3.51. The number of carbonyl (C=O) groups is 1. The fraction of sp³-hybridized carbons (Fsp3) is 0.278. The quantitative estimate of drug-likeness (QED) is 0.856. The molecule has 2 aromatic rings. The molecule has 3 heteroatoms. The summed E-state index contributed by atoms with van der Waals surface area (Å²) >= 11 is 0. The third-order valence-corrected chi connectivity index (χ3v) is 3.51. The Labute approximate surface area is 126 Å². The standard InChI is InChI=1S/C18H22N2O/c1-2-14-6-8-16(9-7-14)13-20-18(21)17-5-3-4-15(12-17)10-11-19/h3-9,12H,2,10-11,13,19H2,1H3,(H,20,21). The molecule has 0 bridgehead atoms. The third kappa shape index (κ3) is 4.43. The Morgan fingerprint density at radius 1 is 1.05 bits per heavy atom. The molecule has 21 heavy (non-hydrogen) atoms. The molecule has 0 aromatic heterocycles. The van der Waals surface area contributed by atoms with Gasteiger partial charge in [-0.15, -0.1) is 0 Å². The van der Waals surface area contributed by atoms with Crippen LogP contribution in [0.25, 0.3) is 0 Å². The van der Waals surface area contributed by atoms with Gasteiger partial charge in [0.25, 0.3) is 5.91 Å². The maximum atomic E-state index is 12.2. The van der Waals surface area contributed by atoms with E-state index in [0.717, 1.165) is 24.0 Å². The van der Waals surface area contributed by atoms with Crippen LogP contribution in [0.3, 0.4) is 0 Å². The van der Waals surface area contributed by atoms with Crippen molar-refractivity contribution in [1.82, 2.24) is 5.32 Å². The van der Waals surface area contributed by atoms with Gasteiger partial charge in [-0.2, -0.15) is 0 Å². The highest BCUT2D eigenvalue weighted by Crippen LogP contribution is 2.08. The zero-order valence-electron chi connectivity index (χ0n) is 12.4. The van der Waals surface area contributed by atoms with Crippen molar-refractivity contribution in [3.63, 3.8) is 0 Å². The van der Waals surface area contributed by atoms with E-state index in [0.29, 0.717) is 18.7 Å². The number of aryl methyl sites for hydroxylation is 1. The summed E-state index contributed by atoms with van der Waals surface area (Å²) in [6.45, 7) is 3.27. The van der Waals surface area contributed by atoms with E-state index in [1.807, 2.05) is 24.3 Å². The van der Waals surface area contributed by atoms with Gasteiger partial charge in [0, 0.05) is 12.1 Å². The van der Waals surface area contributed by atoms with Crippen LogP contribution < -0.4 is 11.1 Å². The van der Waals surface area contributed by atoms with Crippen molar-refractivity contribution in [3.8, 4) is 0 Å². The molecule has 0 atom stereocenters. The summed E-state index contributed by atoms with van der Waals surface area (Å²) in [5.41, 5.74) is 9.74. The van der Waals surface area contributed by atoms with Crippen LogP contribution in [-0.4, -0.2) is 12.5 Å². The van der Waals surface area contributed by atoms with E-state index in [1.54, 1.807) is 0 Å². The van der Waals surface area contributed by atoms with Crippen LogP contribution in [0.15, 0.2) is 48.5 Å². The number of nitrogens with one attached hydrogen (secondary N) is 1. The zero-order chi connectivity index (χ0) is 15.1. The highest BCUT2D eigenvalue weighted by molar-refractivity contribution is 5.94. The molecule has 3 nitrogen and oxygen atoms in total. The van der Waals surface area contributed by atoms with Gasteiger partial charge >= 0.3 is 0 Å². The van der Waals surface area contributed by atoms with E-state index in [1.165, 1.54) is 5.56 Å². The summed E-state index contributed by atoms with van der Waals surface area (Å²) in [5, 5.41) is 2.95. The van der Waals surface area contributed by atoms with Crippen molar-refractivity contribution in [3.05, 3.63) is 70.8 Å². The maximum absolute atomic E-state index is 12.2. The fourth-order valence-electron chi connectivity index (χ4n) is 2.21.